The fraction of sp³-hybridized carbons (Fsp3) is 0.571. The van der Waals surface area contributed by atoms with E-state index in [2.05, 4.69) is 26.8 Å². The average Bonchev–Trinajstić information content (AvgIpc) is 1.99. The van der Waals surface area contributed by atoms with Crippen LogP contribution in [0.25, 0.3) is 0 Å². The van der Waals surface area contributed by atoms with Crippen LogP contribution in [-0.2, 0) is 10.8 Å². The number of hydrogen-bond acceptors (Lipinski definition) is 0. The predicted molar refractivity (Wildman–Crippen MR) is 62.6 cm³/mol. The summed E-state index contributed by atoms with van der Waals surface area (Å²) in [4.78, 5) is 0. The zero-order valence-electron chi connectivity index (χ0n) is 10.5. The van der Waals surface area contributed by atoms with Gasteiger partial charge in [0.2, 0.25) is 0 Å². The number of halogens is 1. The van der Waals surface area contributed by atoms with Crippen LogP contribution >= 0.6 is 0 Å². The Morgan fingerprint density at radius 2 is 1.53 bits per heavy atom. The topological polar surface area (TPSA) is 0 Å². The molecule has 83 valence electrons. The maximum absolute atomic E-state index is 13.9. The van der Waals surface area contributed by atoms with Crippen LogP contribution < -0.4 is 0 Å². The molecule has 1 radical (unpaired) electrons. The molecule has 0 unspecified atom stereocenters. The molecule has 0 aliphatic carbocycles. The van der Waals surface area contributed by atoms with Crippen molar-refractivity contribution in [3.05, 3.63) is 35.1 Å². The summed E-state index contributed by atoms with van der Waals surface area (Å²) >= 11 is 0. The Morgan fingerprint density at radius 1 is 1.00 bits per heavy atom. The number of rotatable bonds is 0. The van der Waals surface area contributed by atoms with Gasteiger partial charge in [0, 0.05) is 0 Å². The van der Waals surface area contributed by atoms with E-state index in [0.29, 0.717) is 0 Å². The second-order valence-electron chi connectivity index (χ2n) is 6.08. The van der Waals surface area contributed by atoms with Gasteiger partial charge in [-0.25, -0.2) is 4.39 Å². The van der Waals surface area contributed by atoms with Crippen molar-refractivity contribution in [1.29, 1.82) is 0 Å². The molecule has 0 saturated carbocycles. The molecule has 0 aromatic heterocycles. The van der Waals surface area contributed by atoms with E-state index in [1.54, 1.807) is 6.07 Å². The maximum atomic E-state index is 13.9. The third kappa shape index (κ3) is 2.58. The van der Waals surface area contributed by atoms with Crippen molar-refractivity contribution in [1.82, 2.24) is 0 Å². The summed E-state index contributed by atoms with van der Waals surface area (Å²) in [6.45, 7) is 12.4. The van der Waals surface area contributed by atoms with Crippen LogP contribution in [0.2, 0.25) is 0 Å². The standard InChI is InChI=1S/C14H20F/c1-13(2,3)10-8-7-9-11(15)12(10)14(4,5)6/h7,9H,1-6H3. The van der Waals surface area contributed by atoms with Gasteiger partial charge in [0.1, 0.15) is 5.82 Å². The number of benzene rings is 1. The molecule has 1 aromatic carbocycles. The SMILES string of the molecule is CC(C)(C)c1[c]ccc(F)c1C(C)(C)C. The summed E-state index contributed by atoms with van der Waals surface area (Å²) in [5.74, 6) is -0.119. The van der Waals surface area contributed by atoms with E-state index in [4.69, 9.17) is 0 Å². The predicted octanol–water partition coefficient (Wildman–Crippen LogP) is 4.22. The third-order valence-electron chi connectivity index (χ3n) is 2.45. The van der Waals surface area contributed by atoms with Gasteiger partial charge < -0.3 is 0 Å². The van der Waals surface area contributed by atoms with Gasteiger partial charge >= 0.3 is 0 Å². The van der Waals surface area contributed by atoms with Gasteiger partial charge in [-0.15, -0.1) is 0 Å². The van der Waals surface area contributed by atoms with Crippen LogP contribution in [0.3, 0.4) is 0 Å². The Balaban J connectivity index is 3.48. The molecule has 0 aliphatic heterocycles. The van der Waals surface area contributed by atoms with Crippen molar-refractivity contribution in [2.24, 2.45) is 0 Å². The summed E-state index contributed by atoms with van der Waals surface area (Å²) in [5.41, 5.74) is 1.53. The zero-order valence-corrected chi connectivity index (χ0v) is 10.5. The molecule has 0 nitrogen and oxygen atoms in total. The molecule has 0 heterocycles. The van der Waals surface area contributed by atoms with Crippen LogP contribution in [0.15, 0.2) is 12.1 Å². The van der Waals surface area contributed by atoms with Gasteiger partial charge in [0.25, 0.3) is 0 Å². The number of hydrogen-bond donors (Lipinski definition) is 0. The van der Waals surface area contributed by atoms with E-state index in [1.165, 1.54) is 6.07 Å². The summed E-state index contributed by atoms with van der Waals surface area (Å²) in [6.07, 6.45) is 0. The van der Waals surface area contributed by atoms with Crippen LogP contribution in [0, 0.1) is 11.9 Å². The normalized spacial score (nSPS) is 13.0. The second-order valence-corrected chi connectivity index (χ2v) is 6.08. The van der Waals surface area contributed by atoms with E-state index >= 15 is 0 Å². The first-order valence-corrected chi connectivity index (χ1v) is 5.35. The minimum atomic E-state index is -0.176. The molecule has 1 rings (SSSR count). The summed E-state index contributed by atoms with van der Waals surface area (Å²) in [5, 5.41) is 0. The highest BCUT2D eigenvalue weighted by Gasteiger charge is 2.27. The smallest absolute Gasteiger partial charge is 0.127 e. The fourth-order valence-electron chi connectivity index (χ4n) is 1.80. The molecule has 1 heteroatoms. The molecular formula is C14H20F. The highest BCUT2D eigenvalue weighted by Crippen LogP contribution is 2.34. The summed E-state index contributed by atoms with van der Waals surface area (Å²) < 4.78 is 13.9. The van der Waals surface area contributed by atoms with Crippen molar-refractivity contribution in [2.75, 3.05) is 0 Å². The van der Waals surface area contributed by atoms with Crippen LogP contribution in [0.5, 0.6) is 0 Å². The first kappa shape index (κ1) is 12.2. The highest BCUT2D eigenvalue weighted by atomic mass is 19.1. The Kier molecular flexibility index (Phi) is 2.95. The van der Waals surface area contributed by atoms with Gasteiger partial charge in [-0.3, -0.25) is 0 Å². The average molecular weight is 207 g/mol. The lowest BCUT2D eigenvalue weighted by Gasteiger charge is -2.29. The van der Waals surface area contributed by atoms with Crippen molar-refractivity contribution in [3.8, 4) is 0 Å². The molecule has 0 spiro atoms. The van der Waals surface area contributed by atoms with Crippen LogP contribution in [-0.4, -0.2) is 0 Å². The first-order chi connectivity index (χ1) is 6.64. The molecule has 0 N–H and O–H groups in total. The fourth-order valence-corrected chi connectivity index (χ4v) is 1.80. The van der Waals surface area contributed by atoms with E-state index in [0.717, 1.165) is 11.1 Å². The summed E-state index contributed by atoms with van der Waals surface area (Å²) in [7, 11) is 0. The lowest BCUT2D eigenvalue weighted by molar-refractivity contribution is 0.486. The van der Waals surface area contributed by atoms with Crippen LogP contribution in [0.4, 0.5) is 4.39 Å². The molecule has 0 aliphatic rings. The Hall–Kier alpha value is -0.850. The molecule has 15 heavy (non-hydrogen) atoms. The van der Waals surface area contributed by atoms with Crippen molar-refractivity contribution < 1.29 is 4.39 Å². The van der Waals surface area contributed by atoms with Gasteiger partial charge in [0.15, 0.2) is 0 Å². The molecule has 0 fully saturated rings. The highest BCUT2D eigenvalue weighted by molar-refractivity contribution is 5.37. The van der Waals surface area contributed by atoms with E-state index in [1.807, 2.05) is 20.8 Å². The largest absolute Gasteiger partial charge is 0.207 e. The van der Waals surface area contributed by atoms with Gasteiger partial charge in [0.05, 0.1) is 0 Å². The molecule has 0 amide bonds. The molecule has 0 saturated heterocycles. The minimum Gasteiger partial charge on any atom is -0.207 e. The van der Waals surface area contributed by atoms with Crippen molar-refractivity contribution in [3.63, 3.8) is 0 Å². The lowest BCUT2D eigenvalue weighted by atomic mass is 9.75. The Morgan fingerprint density at radius 3 is 1.87 bits per heavy atom. The van der Waals surface area contributed by atoms with Crippen molar-refractivity contribution >= 4 is 0 Å². The summed E-state index contributed by atoms with van der Waals surface area (Å²) in [6, 6.07) is 6.35. The third-order valence-corrected chi connectivity index (χ3v) is 2.45. The molecule has 1 aromatic rings. The molecular weight excluding hydrogens is 187 g/mol. The lowest BCUT2D eigenvalue weighted by Crippen LogP contribution is -2.23. The minimum absolute atomic E-state index is 0.0648. The quantitative estimate of drug-likeness (QED) is 0.597. The van der Waals surface area contributed by atoms with Gasteiger partial charge in [-0.05, 0) is 34.1 Å². The van der Waals surface area contributed by atoms with Crippen LogP contribution in [0.1, 0.15) is 52.7 Å². The molecule has 0 atom stereocenters. The van der Waals surface area contributed by atoms with E-state index < -0.39 is 0 Å². The van der Waals surface area contributed by atoms with E-state index in [9.17, 15) is 4.39 Å². The monoisotopic (exact) mass is 207 g/mol. The second kappa shape index (κ2) is 3.62. The Bertz CT molecular complexity index is 351. The van der Waals surface area contributed by atoms with Crippen molar-refractivity contribution in [2.45, 2.75) is 52.4 Å². The first-order valence-electron chi connectivity index (χ1n) is 5.35. The molecule has 0 bridgehead atoms. The zero-order chi connectivity index (χ0) is 11.9. The van der Waals surface area contributed by atoms with Gasteiger partial charge in [-0.2, -0.15) is 0 Å². The van der Waals surface area contributed by atoms with Gasteiger partial charge in [-0.1, -0.05) is 47.6 Å². The Labute approximate surface area is 92.5 Å². The maximum Gasteiger partial charge on any atom is 0.127 e. The van der Waals surface area contributed by atoms with E-state index in [-0.39, 0.29) is 16.6 Å².